The van der Waals surface area contributed by atoms with E-state index in [2.05, 4.69) is 9.82 Å². The Labute approximate surface area is 209 Å². The van der Waals surface area contributed by atoms with Crippen molar-refractivity contribution in [3.05, 3.63) is 75.3 Å². The Balaban J connectivity index is 1.55. The summed E-state index contributed by atoms with van der Waals surface area (Å²) in [5, 5.41) is 14.4. The Morgan fingerprint density at radius 1 is 1.30 bits per heavy atom. The number of rotatable bonds is 9. The van der Waals surface area contributed by atoms with Crippen molar-refractivity contribution in [1.82, 2.24) is 14.6 Å². The van der Waals surface area contributed by atoms with E-state index in [9.17, 15) is 28.4 Å². The first-order valence-corrected chi connectivity index (χ1v) is 12.8. The highest BCUT2D eigenvalue weighted by Crippen LogP contribution is 2.47. The Morgan fingerprint density at radius 3 is 2.78 bits per heavy atom. The third kappa shape index (κ3) is 5.97. The van der Waals surface area contributed by atoms with Crippen molar-refractivity contribution in [3.63, 3.8) is 0 Å². The average Bonchev–Trinajstić information content (AvgIpc) is 3.24. The quantitative estimate of drug-likeness (QED) is 0.272. The number of nitrogens with zero attached hydrogens (tertiary/aromatic N) is 1. The van der Waals surface area contributed by atoms with Crippen LogP contribution in [-0.4, -0.2) is 52.6 Å². The van der Waals surface area contributed by atoms with Crippen LogP contribution in [-0.2, 0) is 23.4 Å². The van der Waals surface area contributed by atoms with Gasteiger partial charge in [0.25, 0.3) is 5.56 Å². The average molecular weight is 537 g/mol. The number of ether oxygens (including phenoxy) is 2. The van der Waals surface area contributed by atoms with Crippen molar-refractivity contribution in [2.45, 2.75) is 37.8 Å². The van der Waals surface area contributed by atoms with Crippen LogP contribution in [0.2, 0.25) is 0 Å². The van der Waals surface area contributed by atoms with E-state index in [-0.39, 0.29) is 12.2 Å². The van der Waals surface area contributed by atoms with E-state index in [1.165, 1.54) is 14.0 Å². The summed E-state index contributed by atoms with van der Waals surface area (Å²) in [5.74, 6) is -1.71. The topological polar surface area (TPSA) is 158 Å². The van der Waals surface area contributed by atoms with Crippen molar-refractivity contribution in [2.75, 3.05) is 13.7 Å². The Bertz CT molecular complexity index is 1450. The molecular weight excluding hydrogens is 512 g/mol. The molecule has 198 valence electrons. The predicted molar refractivity (Wildman–Crippen MR) is 129 cm³/mol. The van der Waals surface area contributed by atoms with Crippen molar-refractivity contribution in [1.29, 1.82) is 0 Å². The minimum Gasteiger partial charge on any atom is -0.468 e. The normalized spacial score (nSPS) is 21.9. The van der Waals surface area contributed by atoms with E-state index in [0.29, 0.717) is 11.6 Å². The van der Waals surface area contributed by atoms with E-state index in [4.69, 9.17) is 13.8 Å². The molecule has 3 N–H and O–H groups in total. The number of H-pyrrole nitrogens is 1. The molecule has 0 spiro atoms. The molecule has 12 nitrogen and oxygen atoms in total. The summed E-state index contributed by atoms with van der Waals surface area (Å²) in [5.41, 5.74) is -2.11. The lowest BCUT2D eigenvalue weighted by atomic mass is 10.1. The van der Waals surface area contributed by atoms with Crippen LogP contribution in [0.25, 0.3) is 10.8 Å². The summed E-state index contributed by atoms with van der Waals surface area (Å²) in [6.07, 6.45) is -2.89. The lowest BCUT2D eigenvalue weighted by molar-refractivity contribution is -0.142. The third-order valence-electron chi connectivity index (χ3n) is 5.72. The van der Waals surface area contributed by atoms with E-state index in [1.54, 1.807) is 24.3 Å². The maximum atomic E-state index is 13.8. The van der Waals surface area contributed by atoms with Crippen LogP contribution >= 0.6 is 7.75 Å². The molecule has 1 saturated heterocycles. The van der Waals surface area contributed by atoms with Crippen LogP contribution in [0.5, 0.6) is 5.75 Å². The summed E-state index contributed by atoms with van der Waals surface area (Å²) in [6, 6.07) is 11.2. The molecule has 37 heavy (non-hydrogen) atoms. The number of carbonyl (C=O) groups is 1. The molecule has 14 heteroatoms. The zero-order valence-corrected chi connectivity index (χ0v) is 20.7. The number of hydrogen-bond acceptors (Lipinski definition) is 9. The lowest BCUT2D eigenvalue weighted by Crippen LogP contribution is -2.36. The second-order valence-corrected chi connectivity index (χ2v) is 10.0. The molecule has 2 heterocycles. The summed E-state index contributed by atoms with van der Waals surface area (Å²) in [7, 11) is -3.11. The van der Waals surface area contributed by atoms with Gasteiger partial charge in [-0.25, -0.2) is 9.36 Å². The van der Waals surface area contributed by atoms with Gasteiger partial charge >= 0.3 is 19.4 Å². The molecule has 4 rings (SSSR count). The van der Waals surface area contributed by atoms with E-state index in [0.717, 1.165) is 9.95 Å². The first-order chi connectivity index (χ1) is 17.6. The van der Waals surface area contributed by atoms with Crippen molar-refractivity contribution < 1.29 is 37.4 Å². The summed E-state index contributed by atoms with van der Waals surface area (Å²) >= 11 is 0. The van der Waals surface area contributed by atoms with Gasteiger partial charge in [-0.2, -0.15) is 9.48 Å². The van der Waals surface area contributed by atoms with Crippen LogP contribution < -0.4 is 20.9 Å². The minimum absolute atomic E-state index is 0.139. The molecule has 1 aliphatic heterocycles. The zero-order chi connectivity index (χ0) is 26.7. The molecule has 0 aliphatic carbocycles. The number of benzene rings is 2. The molecule has 1 fully saturated rings. The van der Waals surface area contributed by atoms with Crippen molar-refractivity contribution >= 4 is 24.5 Å². The van der Waals surface area contributed by atoms with Gasteiger partial charge in [-0.15, -0.1) is 0 Å². The van der Waals surface area contributed by atoms with Gasteiger partial charge in [0.15, 0.2) is 0 Å². The largest absolute Gasteiger partial charge is 0.468 e. The molecule has 2 aromatic carbocycles. The van der Waals surface area contributed by atoms with Gasteiger partial charge in [-0.3, -0.25) is 23.7 Å². The second kappa shape index (κ2) is 11.0. The van der Waals surface area contributed by atoms with Crippen LogP contribution in [0, 0.1) is 5.82 Å². The Hall–Kier alpha value is -3.35. The number of aromatic amines is 1. The van der Waals surface area contributed by atoms with E-state index in [1.807, 2.05) is 23.2 Å². The molecular formula is C23H25FN3O9P. The molecule has 1 unspecified atom stereocenters. The molecule has 0 saturated carbocycles. The predicted octanol–water partition coefficient (Wildman–Crippen LogP) is 1.83. The third-order valence-corrected chi connectivity index (χ3v) is 7.35. The zero-order valence-electron chi connectivity index (χ0n) is 19.8. The Morgan fingerprint density at radius 2 is 2.03 bits per heavy atom. The number of fused-ring (bicyclic) bond motifs is 1. The molecule has 3 aromatic rings. The highest BCUT2D eigenvalue weighted by Gasteiger charge is 2.39. The van der Waals surface area contributed by atoms with Gasteiger partial charge in [0.2, 0.25) is 5.82 Å². The fraction of sp³-hybridized carbons (Fsp3) is 0.348. The molecule has 0 radical (unpaired) electrons. The highest BCUT2D eigenvalue weighted by atomic mass is 31.2. The summed E-state index contributed by atoms with van der Waals surface area (Å²) < 4.78 is 49.9. The Kier molecular flexibility index (Phi) is 7.90. The van der Waals surface area contributed by atoms with Gasteiger partial charge in [-0.05, 0) is 18.4 Å². The molecule has 1 aliphatic rings. The van der Waals surface area contributed by atoms with Crippen LogP contribution in [0.1, 0.15) is 19.6 Å². The fourth-order valence-electron chi connectivity index (χ4n) is 3.84. The number of hydrogen-bond donors (Lipinski definition) is 3. The lowest BCUT2D eigenvalue weighted by Gasteiger charge is -2.25. The molecule has 5 atom stereocenters. The first kappa shape index (κ1) is 26.7. The number of nitrogens with one attached hydrogen (secondary N) is 2. The highest BCUT2D eigenvalue weighted by molar-refractivity contribution is 7.52. The molecule has 0 amide bonds. The monoisotopic (exact) mass is 537 g/mol. The van der Waals surface area contributed by atoms with E-state index < -0.39 is 61.9 Å². The number of carbonyl (C=O) groups excluding carboxylic acids is 1. The smallest absolute Gasteiger partial charge is 0.459 e. The number of esters is 1. The summed E-state index contributed by atoms with van der Waals surface area (Å²) in [6.45, 7) is 0.920. The number of aliphatic hydroxyl groups is 1. The van der Waals surface area contributed by atoms with Crippen molar-refractivity contribution in [3.8, 4) is 5.75 Å². The number of aromatic nitrogens is 2. The second-order valence-electron chi connectivity index (χ2n) is 8.31. The van der Waals surface area contributed by atoms with Gasteiger partial charge < -0.3 is 19.1 Å². The van der Waals surface area contributed by atoms with Crippen LogP contribution in [0.15, 0.2) is 58.3 Å². The van der Waals surface area contributed by atoms with Gasteiger partial charge in [0.1, 0.15) is 24.1 Å². The number of halogens is 1. The minimum atomic E-state index is -4.28. The maximum Gasteiger partial charge on any atom is 0.459 e. The van der Waals surface area contributed by atoms with Gasteiger partial charge in [0, 0.05) is 11.8 Å². The molecule has 1 aromatic heterocycles. The molecule has 0 bridgehead atoms. The first-order valence-electron chi connectivity index (χ1n) is 11.2. The summed E-state index contributed by atoms with van der Waals surface area (Å²) in [4.78, 5) is 37.2. The number of methoxy groups -OCH3 is 1. The fourth-order valence-corrected chi connectivity index (χ4v) is 5.36. The van der Waals surface area contributed by atoms with E-state index >= 15 is 0 Å². The maximum absolute atomic E-state index is 13.8. The standard InChI is InChI=1S/C23H25FN3O9P/c1-13(22(30)33-2)26-37(32,36-18-9-5-7-14-6-3-4-8-15(14)18)34-12-19-17(28)10-20(35-19)27-11-16(24)21(29)25-23(27)31/h3-9,11,13,17,19-20,28H,10,12H2,1-2H3,(H,26,32)(H,25,29,31)/t13-,17+,19+,20+,37?/m0/s1. The van der Waals surface area contributed by atoms with Gasteiger partial charge in [-0.1, -0.05) is 36.4 Å². The van der Waals surface area contributed by atoms with Crippen molar-refractivity contribution in [2.24, 2.45) is 0 Å². The van der Waals surface area contributed by atoms with Crippen LogP contribution in [0.3, 0.4) is 0 Å². The van der Waals surface area contributed by atoms with Gasteiger partial charge in [0.05, 0.1) is 26.0 Å². The SMILES string of the molecule is COC(=O)[C@H](C)NP(=O)(OC[C@H]1O[C@@H](n2cc(F)c(=O)[nH]c2=O)C[C@H]1O)Oc1cccc2ccccc12. The number of aliphatic hydroxyl groups excluding tert-OH is 1. The van der Waals surface area contributed by atoms with Crippen LogP contribution in [0.4, 0.5) is 4.39 Å².